The second kappa shape index (κ2) is 4.13. The van der Waals surface area contributed by atoms with Crippen LogP contribution in [-0.4, -0.2) is 30.4 Å². The fourth-order valence-electron chi connectivity index (χ4n) is 0.234. The van der Waals surface area contributed by atoms with E-state index in [1.165, 1.54) is 0 Å². The molecule has 0 saturated carbocycles. The fraction of sp³-hybridized carbons (Fsp3) is 0.750. The van der Waals surface area contributed by atoms with Crippen LogP contribution in [0.2, 0.25) is 0 Å². The molecule has 0 bridgehead atoms. The van der Waals surface area contributed by atoms with Crippen LogP contribution in [0.1, 0.15) is 0 Å². The Kier molecular flexibility index (Phi) is 4.25. The summed E-state index contributed by atoms with van der Waals surface area (Å²) in [6.07, 6.45) is 3.33. The Morgan fingerprint density at radius 1 is 1.88 bits per heavy atom. The third-order valence-electron chi connectivity index (χ3n) is 0.789. The highest BCUT2D eigenvalue weighted by atomic mass is 35.5. The Hall–Kier alpha value is 0.220. The van der Waals surface area contributed by atoms with Crippen molar-refractivity contribution in [3.8, 4) is 0 Å². The second-order valence-electron chi connectivity index (χ2n) is 1.42. The van der Waals surface area contributed by atoms with Gasteiger partial charge >= 0.3 is 0 Å². The van der Waals surface area contributed by atoms with Crippen LogP contribution < -0.4 is 0 Å². The number of nitrogens with zero attached hydrogens (tertiary/aromatic N) is 1. The van der Waals surface area contributed by atoms with Gasteiger partial charge in [0.05, 0.1) is 0 Å². The smallest absolute Gasteiger partial charge is 0.166 e. The summed E-state index contributed by atoms with van der Waals surface area (Å²) in [5.41, 5.74) is 0. The van der Waals surface area contributed by atoms with Gasteiger partial charge in [-0.25, -0.2) is 4.67 Å². The van der Waals surface area contributed by atoms with Gasteiger partial charge in [0.1, 0.15) is 0 Å². The highest BCUT2D eigenvalue weighted by molar-refractivity contribution is 7.40. The highest BCUT2D eigenvalue weighted by Crippen LogP contribution is 2.07. The fourth-order valence-corrected chi connectivity index (χ4v) is 0.928. The van der Waals surface area contributed by atoms with Crippen LogP contribution in [0.4, 0.5) is 0 Å². The number of rotatable bonds is 3. The monoisotopic (exact) mass is 153 g/mol. The third kappa shape index (κ3) is 3.25. The molecule has 0 spiro atoms. The van der Waals surface area contributed by atoms with Crippen molar-refractivity contribution in [1.29, 1.82) is 0 Å². The summed E-state index contributed by atoms with van der Waals surface area (Å²) in [5.74, 6) is 0.507. The normalized spacial score (nSPS) is 12.1. The lowest BCUT2D eigenvalue weighted by molar-refractivity contribution is 0.519. The van der Waals surface area contributed by atoms with Gasteiger partial charge in [0.2, 0.25) is 0 Å². The molecule has 1 unspecified atom stereocenters. The van der Waals surface area contributed by atoms with Crippen molar-refractivity contribution in [2.75, 3.05) is 19.5 Å². The largest absolute Gasteiger partial charge is 0.265 e. The van der Waals surface area contributed by atoms with E-state index in [2.05, 4.69) is 6.30 Å². The maximum atomic E-state index is 10.4. The minimum atomic E-state index is -1.42. The lowest BCUT2D eigenvalue weighted by Gasteiger charge is -2.03. The Morgan fingerprint density at radius 2 is 2.38 bits per heavy atom. The Labute approximate surface area is 54.9 Å². The van der Waals surface area contributed by atoms with E-state index in [0.29, 0.717) is 12.4 Å². The quantitative estimate of drug-likeness (QED) is 0.450. The van der Waals surface area contributed by atoms with Crippen molar-refractivity contribution >= 4 is 25.5 Å². The van der Waals surface area contributed by atoms with Crippen molar-refractivity contribution in [3.63, 3.8) is 0 Å². The molecule has 0 aliphatic heterocycles. The molecular formula is C4H9ClNOP. The van der Waals surface area contributed by atoms with E-state index in [9.17, 15) is 4.57 Å². The average Bonchev–Trinajstić information content (AvgIpc) is 1.67. The molecule has 0 saturated heterocycles. The molecule has 0 fully saturated rings. The second-order valence-corrected chi connectivity index (χ2v) is 3.19. The molecule has 4 heteroatoms. The van der Waals surface area contributed by atoms with Gasteiger partial charge in [-0.15, -0.1) is 11.6 Å². The van der Waals surface area contributed by atoms with E-state index in [1.54, 1.807) is 11.7 Å². The third-order valence-corrected chi connectivity index (χ3v) is 1.92. The molecule has 0 heterocycles. The molecule has 0 aromatic rings. The van der Waals surface area contributed by atoms with Crippen molar-refractivity contribution in [3.05, 3.63) is 0 Å². The van der Waals surface area contributed by atoms with Crippen LogP contribution in [0, 0.1) is 0 Å². The Morgan fingerprint density at radius 3 is 2.50 bits per heavy atom. The molecule has 0 N–H and O–H groups in total. The van der Waals surface area contributed by atoms with Crippen LogP contribution in [-0.2, 0) is 4.57 Å². The van der Waals surface area contributed by atoms with Gasteiger partial charge < -0.3 is 0 Å². The van der Waals surface area contributed by atoms with E-state index in [0.717, 1.165) is 0 Å². The van der Waals surface area contributed by atoms with Gasteiger partial charge in [0.25, 0.3) is 0 Å². The summed E-state index contributed by atoms with van der Waals surface area (Å²) in [7, 11) is 0.312. The minimum Gasteiger partial charge on any atom is -0.265 e. The van der Waals surface area contributed by atoms with Gasteiger partial charge in [0.15, 0.2) is 7.58 Å². The molecule has 0 aromatic heterocycles. The number of hydrogen-bond donors (Lipinski definition) is 0. The molecule has 48 valence electrons. The lowest BCUT2D eigenvalue weighted by atomic mass is 10.8. The SMILES string of the molecule is C=P(=O)N(C)CCCl. The molecule has 2 nitrogen and oxygen atoms in total. The molecule has 0 aromatic carbocycles. The van der Waals surface area contributed by atoms with Crippen molar-refractivity contribution < 1.29 is 4.57 Å². The topological polar surface area (TPSA) is 20.3 Å². The molecule has 0 aliphatic rings. The molecule has 0 rings (SSSR count). The average molecular weight is 154 g/mol. The van der Waals surface area contributed by atoms with E-state index < -0.39 is 7.58 Å². The molecular weight excluding hydrogens is 144 g/mol. The van der Waals surface area contributed by atoms with Crippen LogP contribution in [0.5, 0.6) is 0 Å². The summed E-state index contributed by atoms with van der Waals surface area (Å²) >= 11 is 5.34. The predicted octanol–water partition coefficient (Wildman–Crippen LogP) is 1.33. The summed E-state index contributed by atoms with van der Waals surface area (Å²) in [6.45, 7) is 0.639. The van der Waals surface area contributed by atoms with Gasteiger partial charge in [-0.05, 0) is 13.3 Å². The molecule has 0 amide bonds. The van der Waals surface area contributed by atoms with Gasteiger partial charge in [-0.2, -0.15) is 0 Å². The first-order valence-corrected chi connectivity index (χ1v) is 4.16. The van der Waals surface area contributed by atoms with E-state index in [1.807, 2.05) is 0 Å². The van der Waals surface area contributed by atoms with Gasteiger partial charge in [-0.3, -0.25) is 4.57 Å². The minimum absolute atomic E-state index is 0.507. The molecule has 0 aliphatic carbocycles. The first-order valence-electron chi connectivity index (χ1n) is 2.23. The molecule has 0 radical (unpaired) electrons. The summed E-state index contributed by atoms with van der Waals surface area (Å²) in [5, 5.41) is 0. The predicted molar refractivity (Wildman–Crippen MR) is 38.1 cm³/mol. The number of alkyl halides is 1. The zero-order chi connectivity index (χ0) is 6.57. The summed E-state index contributed by atoms with van der Waals surface area (Å²) in [6, 6.07) is 0. The number of hydrogen-bond acceptors (Lipinski definition) is 1. The molecule has 8 heavy (non-hydrogen) atoms. The van der Waals surface area contributed by atoms with Gasteiger partial charge in [0, 0.05) is 12.4 Å². The van der Waals surface area contributed by atoms with E-state index in [-0.39, 0.29) is 0 Å². The maximum absolute atomic E-state index is 10.4. The first kappa shape index (κ1) is 8.22. The number of halogens is 1. The van der Waals surface area contributed by atoms with Crippen LogP contribution in [0.15, 0.2) is 0 Å². The van der Waals surface area contributed by atoms with Crippen molar-refractivity contribution in [2.24, 2.45) is 0 Å². The van der Waals surface area contributed by atoms with Gasteiger partial charge in [-0.1, -0.05) is 0 Å². The van der Waals surface area contributed by atoms with Crippen LogP contribution in [0.3, 0.4) is 0 Å². The zero-order valence-electron chi connectivity index (χ0n) is 4.80. The Balaban J connectivity index is 3.48. The maximum Gasteiger partial charge on any atom is 0.166 e. The standard InChI is InChI=1S/C4H9ClNOP/c1-6(4-3-5)8(2)7/h2-4H2,1H3. The van der Waals surface area contributed by atoms with Crippen LogP contribution >= 0.6 is 19.2 Å². The van der Waals surface area contributed by atoms with Crippen LogP contribution in [0.25, 0.3) is 0 Å². The zero-order valence-corrected chi connectivity index (χ0v) is 6.45. The Bertz CT molecular complexity index is 115. The highest BCUT2D eigenvalue weighted by Gasteiger charge is 1.92. The lowest BCUT2D eigenvalue weighted by Crippen LogP contribution is -2.08. The van der Waals surface area contributed by atoms with E-state index >= 15 is 0 Å². The van der Waals surface area contributed by atoms with Crippen molar-refractivity contribution in [1.82, 2.24) is 4.67 Å². The first-order chi connectivity index (χ1) is 3.68. The summed E-state index contributed by atoms with van der Waals surface area (Å²) in [4.78, 5) is 0. The summed E-state index contributed by atoms with van der Waals surface area (Å²) < 4.78 is 12.1. The van der Waals surface area contributed by atoms with Crippen molar-refractivity contribution in [2.45, 2.75) is 0 Å². The molecule has 1 atom stereocenters. The van der Waals surface area contributed by atoms with E-state index in [4.69, 9.17) is 11.6 Å².